The minimum Gasteiger partial charge on any atom is -0.359 e. The smallest absolute Gasteiger partial charge is 0.359 e. The first-order valence-electron chi connectivity index (χ1n) is 12.3. The molecule has 40 heavy (non-hydrogen) atoms. The van der Waals surface area contributed by atoms with Crippen molar-refractivity contribution in [3.8, 4) is 34.0 Å². The third kappa shape index (κ3) is 5.62. The number of pyridine rings is 2. The molecule has 0 aliphatic rings. The van der Waals surface area contributed by atoms with Crippen LogP contribution in [0, 0.1) is 19.6 Å². The van der Waals surface area contributed by atoms with Crippen molar-refractivity contribution in [2.24, 2.45) is 14.1 Å². The number of aromatic nitrogens is 6. The van der Waals surface area contributed by atoms with Crippen LogP contribution in [0.3, 0.4) is 0 Å². The van der Waals surface area contributed by atoms with E-state index in [9.17, 15) is 0 Å². The van der Waals surface area contributed by atoms with E-state index in [0.29, 0.717) is 0 Å². The maximum absolute atomic E-state index is 4.75. The van der Waals surface area contributed by atoms with Gasteiger partial charge in [-0.3, -0.25) is 9.97 Å². The molecule has 0 unspecified atom stereocenters. The SMILES string of the molecule is Cn1c(-c2[c-]c(-c3nc4ccccc4n3C)cnc2)nc2ccccc21.[CH3-].[Ir+3].[c-]1ccccc1-c1ccccn1. The zero-order valence-corrected chi connectivity index (χ0v) is 24.8. The summed E-state index contributed by atoms with van der Waals surface area (Å²) in [6, 6.07) is 36.5. The first-order chi connectivity index (χ1) is 18.7. The average molecular weight is 700 g/mol. The molecule has 0 spiro atoms. The summed E-state index contributed by atoms with van der Waals surface area (Å²) >= 11 is 0. The molecule has 4 aromatic heterocycles. The fourth-order valence-corrected chi connectivity index (χ4v) is 4.47. The van der Waals surface area contributed by atoms with Crippen LogP contribution in [-0.4, -0.2) is 29.1 Å². The second kappa shape index (κ2) is 12.6. The first kappa shape index (κ1) is 28.6. The van der Waals surface area contributed by atoms with Crippen LogP contribution in [0.15, 0.2) is 110 Å². The van der Waals surface area contributed by atoms with Crippen LogP contribution in [0.1, 0.15) is 0 Å². The summed E-state index contributed by atoms with van der Waals surface area (Å²) in [5.41, 5.74) is 7.82. The van der Waals surface area contributed by atoms with E-state index in [2.05, 4.69) is 43.4 Å². The molecule has 7 aromatic rings. The number of fused-ring (bicyclic) bond motifs is 2. The number of rotatable bonds is 3. The number of hydrogen-bond donors (Lipinski definition) is 0. The summed E-state index contributed by atoms with van der Waals surface area (Å²) in [5.74, 6) is 1.69. The predicted molar refractivity (Wildman–Crippen MR) is 157 cm³/mol. The van der Waals surface area contributed by atoms with Crippen molar-refractivity contribution in [1.82, 2.24) is 29.1 Å². The number of nitrogens with zero attached hydrogens (tertiary/aromatic N) is 6. The summed E-state index contributed by atoms with van der Waals surface area (Å²) in [6.07, 6.45) is 5.39. The van der Waals surface area contributed by atoms with Gasteiger partial charge in [0.2, 0.25) is 0 Å². The van der Waals surface area contributed by atoms with Gasteiger partial charge in [0, 0.05) is 20.3 Å². The Hall–Kier alpha value is -4.45. The summed E-state index contributed by atoms with van der Waals surface area (Å²) in [5, 5.41) is 0. The number of benzene rings is 3. The molecule has 0 atom stereocenters. The molecule has 7 rings (SSSR count). The molecular formula is C33H27IrN6. The average Bonchev–Trinajstić information content (AvgIpc) is 3.51. The molecule has 4 heterocycles. The Morgan fingerprint density at radius 3 is 1.68 bits per heavy atom. The second-order valence-electron chi connectivity index (χ2n) is 8.82. The molecule has 7 heteroatoms. The number of aryl methyl sites for hydroxylation is 2. The van der Waals surface area contributed by atoms with Crippen molar-refractivity contribution in [3.63, 3.8) is 0 Å². The van der Waals surface area contributed by atoms with Gasteiger partial charge in [-0.25, -0.2) is 0 Å². The van der Waals surface area contributed by atoms with Crippen LogP contribution in [0.25, 0.3) is 56.1 Å². The summed E-state index contributed by atoms with van der Waals surface area (Å²) in [4.78, 5) is 18.1. The van der Waals surface area contributed by atoms with Gasteiger partial charge >= 0.3 is 20.1 Å². The summed E-state index contributed by atoms with van der Waals surface area (Å²) < 4.78 is 4.14. The van der Waals surface area contributed by atoms with Crippen molar-refractivity contribution < 1.29 is 20.1 Å². The zero-order valence-electron chi connectivity index (χ0n) is 22.4. The fourth-order valence-electron chi connectivity index (χ4n) is 4.47. The van der Waals surface area contributed by atoms with Crippen LogP contribution in [0.4, 0.5) is 0 Å². The van der Waals surface area contributed by atoms with Crippen LogP contribution in [-0.2, 0) is 34.2 Å². The number of para-hydroxylation sites is 4. The number of imidazole rings is 2. The molecule has 0 aliphatic carbocycles. The first-order valence-corrected chi connectivity index (χ1v) is 12.3. The molecule has 0 saturated carbocycles. The molecule has 0 radical (unpaired) electrons. The molecule has 0 aliphatic heterocycles. The quantitative estimate of drug-likeness (QED) is 0.187. The normalized spacial score (nSPS) is 10.3. The maximum atomic E-state index is 4.75. The minimum absolute atomic E-state index is 0. The van der Waals surface area contributed by atoms with Crippen molar-refractivity contribution in [1.29, 1.82) is 0 Å². The standard InChI is InChI=1S/C21H16N5.C11H8N.CH3.Ir/c1-25-18-9-5-3-7-16(18)23-20(25)14-11-15(13-22-12-14)21-24-17-8-4-6-10-19(17)26(21)2;1-2-6-10(7-3-1)11-8-4-5-9-12-11;;/h3-10,12-13H,1-2H3;1-6,8-9H;1H3;/q3*-1;+3. The van der Waals surface area contributed by atoms with E-state index in [4.69, 9.17) is 9.97 Å². The maximum Gasteiger partial charge on any atom is 3.00 e. The van der Waals surface area contributed by atoms with E-state index in [-0.39, 0.29) is 27.5 Å². The Morgan fingerprint density at radius 1 is 0.625 bits per heavy atom. The number of hydrogen-bond acceptors (Lipinski definition) is 4. The largest absolute Gasteiger partial charge is 3.00 e. The van der Waals surface area contributed by atoms with Gasteiger partial charge in [-0.15, -0.1) is 42.0 Å². The van der Waals surface area contributed by atoms with Crippen molar-refractivity contribution in [2.45, 2.75) is 0 Å². The van der Waals surface area contributed by atoms with Gasteiger partial charge < -0.3 is 26.5 Å². The van der Waals surface area contributed by atoms with Gasteiger partial charge in [-0.1, -0.05) is 47.5 Å². The topological polar surface area (TPSA) is 61.4 Å². The van der Waals surface area contributed by atoms with Gasteiger partial charge in [0.25, 0.3) is 0 Å². The van der Waals surface area contributed by atoms with Gasteiger partial charge in [0.05, 0.1) is 33.7 Å². The Morgan fingerprint density at radius 2 is 1.18 bits per heavy atom. The Balaban J connectivity index is 0.000000224. The molecule has 0 amide bonds. The summed E-state index contributed by atoms with van der Waals surface area (Å²) in [6.45, 7) is 0. The molecule has 3 aromatic carbocycles. The zero-order chi connectivity index (χ0) is 25.9. The van der Waals surface area contributed by atoms with E-state index >= 15 is 0 Å². The van der Waals surface area contributed by atoms with Crippen LogP contribution < -0.4 is 0 Å². The third-order valence-corrected chi connectivity index (χ3v) is 6.38. The van der Waals surface area contributed by atoms with E-state index < -0.39 is 0 Å². The predicted octanol–water partition coefficient (Wildman–Crippen LogP) is 6.99. The van der Waals surface area contributed by atoms with E-state index in [1.54, 1.807) is 18.6 Å². The molecule has 6 nitrogen and oxygen atoms in total. The van der Waals surface area contributed by atoms with Crippen LogP contribution in [0.5, 0.6) is 0 Å². The van der Waals surface area contributed by atoms with Crippen molar-refractivity contribution >= 4 is 22.1 Å². The molecule has 0 fully saturated rings. The van der Waals surface area contributed by atoms with Crippen molar-refractivity contribution in [3.05, 3.63) is 129 Å². The van der Waals surface area contributed by atoms with Crippen molar-refractivity contribution in [2.75, 3.05) is 0 Å². The summed E-state index contributed by atoms with van der Waals surface area (Å²) in [7, 11) is 4.03. The van der Waals surface area contributed by atoms with Crippen LogP contribution >= 0.6 is 0 Å². The van der Waals surface area contributed by atoms with Gasteiger partial charge in [0.1, 0.15) is 0 Å². The van der Waals surface area contributed by atoms with Gasteiger partial charge in [-0.05, 0) is 48.4 Å². The second-order valence-corrected chi connectivity index (χ2v) is 8.82. The molecule has 198 valence electrons. The molecule has 0 bridgehead atoms. The third-order valence-electron chi connectivity index (χ3n) is 6.38. The molecule has 0 N–H and O–H groups in total. The Bertz CT molecular complexity index is 1710. The Labute approximate surface area is 247 Å². The fraction of sp³-hybridized carbons (Fsp3) is 0.0606. The van der Waals surface area contributed by atoms with Gasteiger partial charge in [-0.2, -0.15) is 0 Å². The molecule has 0 saturated heterocycles. The van der Waals surface area contributed by atoms with E-state index in [1.165, 1.54) is 0 Å². The molecular weight excluding hydrogens is 673 g/mol. The van der Waals surface area contributed by atoms with E-state index in [0.717, 1.165) is 56.1 Å². The van der Waals surface area contributed by atoms with E-state index in [1.807, 2.05) is 93.0 Å². The Kier molecular flexibility index (Phi) is 9.00. The van der Waals surface area contributed by atoms with Crippen LogP contribution in [0.2, 0.25) is 0 Å². The minimum atomic E-state index is 0. The monoisotopic (exact) mass is 700 g/mol. The van der Waals surface area contributed by atoms with Gasteiger partial charge in [0.15, 0.2) is 0 Å².